The summed E-state index contributed by atoms with van der Waals surface area (Å²) >= 11 is 1.78. The summed E-state index contributed by atoms with van der Waals surface area (Å²) in [5.41, 5.74) is 2.21. The molecule has 0 saturated carbocycles. The SMILES string of the molecule is C[C@]1(c2ccccc2)NC(=O)N(CN2CCc3sccc3[C@H]2c2ccccc2)C1=O. The van der Waals surface area contributed by atoms with Crippen LogP contribution < -0.4 is 5.32 Å². The lowest BCUT2D eigenvalue weighted by Gasteiger charge is -2.37. The molecule has 152 valence electrons. The Hall–Kier alpha value is -2.96. The monoisotopic (exact) mass is 417 g/mol. The van der Waals surface area contributed by atoms with Crippen molar-refractivity contribution >= 4 is 23.3 Å². The fraction of sp³-hybridized carbons (Fsp3) is 0.250. The van der Waals surface area contributed by atoms with Crippen molar-refractivity contribution in [3.05, 3.63) is 93.7 Å². The van der Waals surface area contributed by atoms with Crippen molar-refractivity contribution in [2.24, 2.45) is 0 Å². The largest absolute Gasteiger partial charge is 0.326 e. The van der Waals surface area contributed by atoms with E-state index in [0.29, 0.717) is 0 Å². The number of hydrogen-bond acceptors (Lipinski definition) is 4. The molecular weight excluding hydrogens is 394 g/mol. The maximum absolute atomic E-state index is 13.4. The number of carbonyl (C=O) groups excluding carboxylic acids is 2. The highest BCUT2D eigenvalue weighted by Crippen LogP contribution is 2.38. The molecule has 0 bridgehead atoms. The number of carbonyl (C=O) groups is 2. The van der Waals surface area contributed by atoms with E-state index in [-0.39, 0.29) is 24.6 Å². The standard InChI is InChI=1S/C24H23N3O2S/c1-24(18-10-6-3-7-11-18)22(28)27(23(29)25-24)16-26-14-12-20-19(13-15-30-20)21(26)17-8-4-2-5-9-17/h2-11,13,15,21H,12,14,16H2,1H3,(H,25,29)/t21-,24-/m1/s1. The van der Waals surface area contributed by atoms with Crippen molar-refractivity contribution in [1.82, 2.24) is 15.1 Å². The van der Waals surface area contributed by atoms with E-state index in [2.05, 4.69) is 33.8 Å². The molecule has 1 aromatic heterocycles. The van der Waals surface area contributed by atoms with Crippen LogP contribution in [0.2, 0.25) is 0 Å². The first-order valence-electron chi connectivity index (χ1n) is 10.1. The number of benzene rings is 2. The van der Waals surface area contributed by atoms with Gasteiger partial charge in [0.1, 0.15) is 5.54 Å². The van der Waals surface area contributed by atoms with Gasteiger partial charge in [0, 0.05) is 11.4 Å². The Bertz CT molecular complexity index is 1080. The van der Waals surface area contributed by atoms with Gasteiger partial charge in [0.2, 0.25) is 0 Å². The number of thiophene rings is 1. The van der Waals surface area contributed by atoms with Crippen LogP contribution in [0.5, 0.6) is 0 Å². The highest BCUT2D eigenvalue weighted by Gasteiger charge is 2.49. The van der Waals surface area contributed by atoms with E-state index in [4.69, 9.17) is 0 Å². The molecule has 5 nitrogen and oxygen atoms in total. The third-order valence-electron chi connectivity index (χ3n) is 6.13. The van der Waals surface area contributed by atoms with Crippen LogP contribution in [0.1, 0.15) is 34.5 Å². The molecule has 3 aromatic rings. The van der Waals surface area contributed by atoms with Gasteiger partial charge >= 0.3 is 6.03 Å². The highest BCUT2D eigenvalue weighted by molar-refractivity contribution is 7.10. The van der Waals surface area contributed by atoms with E-state index < -0.39 is 5.54 Å². The lowest BCUT2D eigenvalue weighted by atomic mass is 9.92. The summed E-state index contributed by atoms with van der Waals surface area (Å²) in [4.78, 5) is 31.2. The van der Waals surface area contributed by atoms with Gasteiger partial charge in [-0.25, -0.2) is 9.69 Å². The van der Waals surface area contributed by atoms with E-state index in [1.807, 2.05) is 48.5 Å². The summed E-state index contributed by atoms with van der Waals surface area (Å²) in [5.74, 6) is -0.207. The summed E-state index contributed by atoms with van der Waals surface area (Å²) in [6.07, 6.45) is 0.927. The molecule has 30 heavy (non-hydrogen) atoms. The first kappa shape index (κ1) is 19.0. The second-order valence-corrected chi connectivity index (χ2v) is 8.97. The summed E-state index contributed by atoms with van der Waals surface area (Å²) in [6.45, 7) is 2.85. The molecular formula is C24H23N3O2S. The van der Waals surface area contributed by atoms with Crippen LogP contribution in [0.25, 0.3) is 0 Å². The normalized spacial score (nSPS) is 24.0. The first-order valence-corrected chi connectivity index (χ1v) is 11.0. The second-order valence-electron chi connectivity index (χ2n) is 7.97. The fourth-order valence-electron chi connectivity index (χ4n) is 4.52. The van der Waals surface area contributed by atoms with Crippen LogP contribution in [-0.4, -0.2) is 35.0 Å². The Morgan fingerprint density at radius 1 is 1.03 bits per heavy atom. The predicted octanol–water partition coefficient (Wildman–Crippen LogP) is 4.12. The number of amides is 3. The molecule has 2 aliphatic rings. The van der Waals surface area contributed by atoms with E-state index >= 15 is 0 Å². The molecule has 1 saturated heterocycles. The molecule has 0 aliphatic carbocycles. The average Bonchev–Trinajstić information content (AvgIpc) is 3.34. The van der Waals surface area contributed by atoms with Gasteiger partial charge in [-0.1, -0.05) is 60.7 Å². The van der Waals surface area contributed by atoms with E-state index in [9.17, 15) is 9.59 Å². The Kier molecular flexibility index (Phi) is 4.68. The van der Waals surface area contributed by atoms with E-state index in [1.54, 1.807) is 18.3 Å². The zero-order valence-electron chi connectivity index (χ0n) is 16.7. The summed E-state index contributed by atoms with van der Waals surface area (Å²) in [5, 5.41) is 5.05. The summed E-state index contributed by atoms with van der Waals surface area (Å²) in [6, 6.07) is 21.6. The number of imide groups is 1. The number of nitrogens with zero attached hydrogens (tertiary/aromatic N) is 2. The molecule has 2 aliphatic heterocycles. The number of rotatable bonds is 4. The number of nitrogens with one attached hydrogen (secondary N) is 1. The molecule has 2 aromatic carbocycles. The van der Waals surface area contributed by atoms with E-state index in [0.717, 1.165) is 18.5 Å². The van der Waals surface area contributed by atoms with Gasteiger partial charge in [-0.3, -0.25) is 9.69 Å². The zero-order chi connectivity index (χ0) is 20.7. The molecule has 0 unspecified atom stereocenters. The van der Waals surface area contributed by atoms with Gasteiger partial charge in [-0.2, -0.15) is 0 Å². The topological polar surface area (TPSA) is 52.7 Å². The smallest absolute Gasteiger partial charge is 0.319 e. The van der Waals surface area contributed by atoms with Crippen LogP contribution >= 0.6 is 11.3 Å². The van der Waals surface area contributed by atoms with Gasteiger partial charge in [-0.15, -0.1) is 11.3 Å². The van der Waals surface area contributed by atoms with Crippen molar-refractivity contribution < 1.29 is 9.59 Å². The molecule has 6 heteroatoms. The molecule has 0 radical (unpaired) electrons. The molecule has 3 heterocycles. The van der Waals surface area contributed by atoms with E-state index in [1.165, 1.54) is 20.9 Å². The maximum Gasteiger partial charge on any atom is 0.326 e. The molecule has 1 fully saturated rings. The van der Waals surface area contributed by atoms with Crippen LogP contribution in [0.4, 0.5) is 4.79 Å². The molecule has 5 rings (SSSR count). The number of fused-ring (bicyclic) bond motifs is 1. The quantitative estimate of drug-likeness (QED) is 0.650. The third-order valence-corrected chi connectivity index (χ3v) is 7.13. The van der Waals surface area contributed by atoms with Crippen molar-refractivity contribution in [3.63, 3.8) is 0 Å². The summed E-state index contributed by atoms with van der Waals surface area (Å²) in [7, 11) is 0. The Morgan fingerprint density at radius 3 is 2.47 bits per heavy atom. The van der Waals surface area contributed by atoms with Crippen molar-refractivity contribution in [1.29, 1.82) is 0 Å². The highest BCUT2D eigenvalue weighted by atomic mass is 32.1. The Balaban J connectivity index is 1.46. The average molecular weight is 418 g/mol. The number of hydrogen-bond donors (Lipinski definition) is 1. The third kappa shape index (κ3) is 3.04. The molecule has 2 atom stereocenters. The minimum atomic E-state index is -1.04. The molecule has 1 N–H and O–H groups in total. The van der Waals surface area contributed by atoms with Crippen LogP contribution in [0, 0.1) is 0 Å². The van der Waals surface area contributed by atoms with Crippen molar-refractivity contribution in [3.8, 4) is 0 Å². The van der Waals surface area contributed by atoms with Gasteiger partial charge in [-0.05, 0) is 41.5 Å². The van der Waals surface area contributed by atoms with Crippen LogP contribution in [0.3, 0.4) is 0 Å². The molecule has 0 spiro atoms. The van der Waals surface area contributed by atoms with Crippen LogP contribution in [0.15, 0.2) is 72.1 Å². The maximum atomic E-state index is 13.4. The minimum Gasteiger partial charge on any atom is -0.319 e. The molecule has 3 amide bonds. The van der Waals surface area contributed by atoms with Gasteiger partial charge in [0.15, 0.2) is 0 Å². The number of urea groups is 1. The Morgan fingerprint density at radius 2 is 1.73 bits per heavy atom. The fourth-order valence-corrected chi connectivity index (χ4v) is 5.42. The van der Waals surface area contributed by atoms with Crippen LogP contribution in [-0.2, 0) is 16.8 Å². The van der Waals surface area contributed by atoms with Gasteiger partial charge in [0.05, 0.1) is 12.7 Å². The van der Waals surface area contributed by atoms with Gasteiger partial charge < -0.3 is 5.32 Å². The lowest BCUT2D eigenvalue weighted by Crippen LogP contribution is -2.47. The Labute approximate surface area is 179 Å². The second kappa shape index (κ2) is 7.38. The van der Waals surface area contributed by atoms with Gasteiger partial charge in [0.25, 0.3) is 5.91 Å². The first-order chi connectivity index (χ1) is 14.6. The summed E-state index contributed by atoms with van der Waals surface area (Å²) < 4.78 is 0. The lowest BCUT2D eigenvalue weighted by molar-refractivity contribution is -0.132. The predicted molar refractivity (Wildman–Crippen MR) is 117 cm³/mol. The zero-order valence-corrected chi connectivity index (χ0v) is 17.6. The van der Waals surface area contributed by atoms with Crippen molar-refractivity contribution in [2.75, 3.05) is 13.2 Å². The minimum absolute atomic E-state index is 0.0328. The van der Waals surface area contributed by atoms with Crippen molar-refractivity contribution in [2.45, 2.75) is 24.9 Å².